The molecule has 1 saturated heterocycles. The Labute approximate surface area is 174 Å². The number of carbonyl (C=O) groups excluding carboxylic acids is 1. The maximum Gasteiger partial charge on any atom is 0.311 e. The first kappa shape index (κ1) is 22.7. The van der Waals surface area contributed by atoms with Gasteiger partial charge in [0.1, 0.15) is 6.10 Å². The molecule has 0 spiro atoms. The molecule has 7 nitrogen and oxygen atoms in total. The van der Waals surface area contributed by atoms with E-state index in [9.17, 15) is 9.90 Å². The minimum absolute atomic E-state index is 0.0793. The largest absolute Gasteiger partial charge is 0.461 e. The molecule has 3 aliphatic rings. The van der Waals surface area contributed by atoms with Crippen LogP contribution in [0.5, 0.6) is 0 Å². The Bertz CT molecular complexity index is 592. The summed E-state index contributed by atoms with van der Waals surface area (Å²) in [4.78, 5) is 14.6. The van der Waals surface area contributed by atoms with Crippen LogP contribution in [0.3, 0.4) is 0 Å². The Balaban J connectivity index is 1.55. The fourth-order valence-electron chi connectivity index (χ4n) is 5.60. The van der Waals surface area contributed by atoms with Gasteiger partial charge < -0.3 is 25.4 Å². The molecule has 0 aromatic carbocycles. The molecule has 2 aliphatic carbocycles. The summed E-state index contributed by atoms with van der Waals surface area (Å²) in [5.74, 6) is -0.262. The number of hydrogen-bond acceptors (Lipinski definition) is 7. The van der Waals surface area contributed by atoms with Crippen LogP contribution in [0.4, 0.5) is 0 Å². The summed E-state index contributed by atoms with van der Waals surface area (Å²) in [5.41, 5.74) is 1.00. The van der Waals surface area contributed by atoms with Crippen molar-refractivity contribution in [2.75, 3.05) is 45.9 Å². The quantitative estimate of drug-likeness (QED) is 0.237. The normalized spacial score (nSPS) is 36.6. The SMILES string of the molecule is CC1CCC=C2CC3OC(=O)C(CNCCCN(CCO)CCO)C3C(O)C21C. The number of carbonyl (C=O) groups is 1. The van der Waals surface area contributed by atoms with Gasteiger partial charge in [0.15, 0.2) is 0 Å². The maximum absolute atomic E-state index is 12.6. The number of rotatable bonds is 10. The molecule has 1 heterocycles. The third-order valence-electron chi connectivity index (χ3n) is 7.59. The van der Waals surface area contributed by atoms with Gasteiger partial charge in [-0.2, -0.15) is 0 Å². The van der Waals surface area contributed by atoms with E-state index in [1.807, 2.05) is 4.90 Å². The van der Waals surface area contributed by atoms with Gasteiger partial charge in [-0.05, 0) is 38.3 Å². The van der Waals surface area contributed by atoms with Gasteiger partial charge in [-0.3, -0.25) is 9.69 Å². The van der Waals surface area contributed by atoms with Gasteiger partial charge in [-0.25, -0.2) is 0 Å². The van der Waals surface area contributed by atoms with Crippen LogP contribution < -0.4 is 5.32 Å². The molecule has 6 unspecified atom stereocenters. The first-order valence-corrected chi connectivity index (χ1v) is 11.2. The molecule has 0 aromatic rings. The van der Waals surface area contributed by atoms with Crippen LogP contribution in [0.25, 0.3) is 0 Å². The van der Waals surface area contributed by atoms with Gasteiger partial charge in [0.05, 0.1) is 25.2 Å². The number of hydrogen-bond donors (Lipinski definition) is 4. The molecule has 2 fully saturated rings. The van der Waals surface area contributed by atoms with Crippen molar-refractivity contribution in [1.29, 1.82) is 0 Å². The summed E-state index contributed by atoms with van der Waals surface area (Å²) in [7, 11) is 0. The number of esters is 1. The minimum Gasteiger partial charge on any atom is -0.461 e. The topological polar surface area (TPSA) is 102 Å². The van der Waals surface area contributed by atoms with Gasteiger partial charge >= 0.3 is 5.97 Å². The van der Waals surface area contributed by atoms with Gasteiger partial charge in [0, 0.05) is 37.4 Å². The lowest BCUT2D eigenvalue weighted by molar-refractivity contribution is -0.144. The molecule has 0 radical (unpaired) electrons. The van der Waals surface area contributed by atoms with Crippen molar-refractivity contribution in [2.45, 2.75) is 51.7 Å². The highest BCUT2D eigenvalue weighted by Gasteiger charge is 2.59. The number of nitrogens with one attached hydrogen (secondary N) is 1. The van der Waals surface area contributed by atoms with Crippen LogP contribution >= 0.6 is 0 Å². The zero-order valence-electron chi connectivity index (χ0n) is 17.8. The van der Waals surface area contributed by atoms with Gasteiger partial charge in [0.2, 0.25) is 0 Å². The van der Waals surface area contributed by atoms with E-state index in [-0.39, 0.29) is 42.5 Å². The lowest BCUT2D eigenvalue weighted by atomic mass is 9.55. The Morgan fingerprint density at radius 1 is 1.28 bits per heavy atom. The van der Waals surface area contributed by atoms with Crippen molar-refractivity contribution in [3.63, 3.8) is 0 Å². The third-order valence-corrected chi connectivity index (χ3v) is 7.59. The molecule has 0 amide bonds. The minimum atomic E-state index is -0.564. The number of nitrogens with zero attached hydrogens (tertiary/aromatic N) is 1. The van der Waals surface area contributed by atoms with Crippen molar-refractivity contribution >= 4 is 5.97 Å². The van der Waals surface area contributed by atoms with E-state index in [0.29, 0.717) is 25.6 Å². The average Bonchev–Trinajstić information content (AvgIpc) is 3.00. The average molecular weight is 411 g/mol. The Hall–Kier alpha value is -0.990. The van der Waals surface area contributed by atoms with Crippen molar-refractivity contribution in [1.82, 2.24) is 10.2 Å². The number of ether oxygens (including phenoxy) is 1. The molecule has 1 aliphatic heterocycles. The number of fused-ring (bicyclic) bond motifs is 2. The Morgan fingerprint density at radius 2 is 2.00 bits per heavy atom. The highest BCUT2D eigenvalue weighted by atomic mass is 16.6. The fraction of sp³-hybridized carbons (Fsp3) is 0.864. The monoisotopic (exact) mass is 410 g/mol. The maximum atomic E-state index is 12.6. The van der Waals surface area contributed by atoms with Crippen LogP contribution in [-0.2, 0) is 9.53 Å². The van der Waals surface area contributed by atoms with Crippen LogP contribution in [0.1, 0.15) is 39.5 Å². The summed E-state index contributed by atoms with van der Waals surface area (Å²) >= 11 is 0. The zero-order chi connectivity index (χ0) is 21.0. The zero-order valence-corrected chi connectivity index (χ0v) is 17.8. The molecule has 0 bridgehead atoms. The van der Waals surface area contributed by atoms with Crippen LogP contribution in [-0.4, -0.2) is 84.3 Å². The van der Waals surface area contributed by atoms with E-state index in [1.165, 1.54) is 5.57 Å². The second kappa shape index (κ2) is 9.88. The number of aliphatic hydroxyl groups excluding tert-OH is 3. The highest BCUT2D eigenvalue weighted by Crippen LogP contribution is 2.55. The number of aliphatic hydroxyl groups is 3. The summed E-state index contributed by atoms with van der Waals surface area (Å²) in [5, 5.41) is 32.9. The van der Waals surface area contributed by atoms with E-state index in [0.717, 1.165) is 38.8 Å². The van der Waals surface area contributed by atoms with E-state index in [4.69, 9.17) is 14.9 Å². The van der Waals surface area contributed by atoms with E-state index in [2.05, 4.69) is 25.2 Å². The van der Waals surface area contributed by atoms with Crippen LogP contribution in [0, 0.1) is 23.2 Å². The summed E-state index contributed by atoms with van der Waals surface area (Å²) in [6, 6.07) is 0. The molecule has 4 N–H and O–H groups in total. The molecule has 0 aromatic heterocycles. The lowest BCUT2D eigenvalue weighted by Crippen LogP contribution is -2.54. The lowest BCUT2D eigenvalue weighted by Gasteiger charge is -2.51. The molecule has 29 heavy (non-hydrogen) atoms. The van der Waals surface area contributed by atoms with E-state index >= 15 is 0 Å². The van der Waals surface area contributed by atoms with Crippen molar-refractivity contribution in [2.24, 2.45) is 23.2 Å². The predicted molar refractivity (Wildman–Crippen MR) is 110 cm³/mol. The Kier molecular flexibility index (Phi) is 7.73. The van der Waals surface area contributed by atoms with Crippen molar-refractivity contribution in [3.05, 3.63) is 11.6 Å². The second-order valence-electron chi connectivity index (χ2n) is 9.15. The molecular weight excluding hydrogens is 372 g/mol. The standard InChI is InChI=1S/C22H38N2O5/c1-15-5-3-6-16-13-18-19(20(27)22(15,16)2)17(21(28)29-18)14-23-7-4-8-24(9-11-25)10-12-26/h6,15,17-20,23,25-27H,3-5,7-14H2,1-2H3. The first-order valence-electron chi connectivity index (χ1n) is 11.2. The first-order chi connectivity index (χ1) is 13.9. The summed E-state index contributed by atoms with van der Waals surface area (Å²) in [6.07, 6.45) is 5.21. The summed E-state index contributed by atoms with van der Waals surface area (Å²) < 4.78 is 5.69. The second-order valence-corrected chi connectivity index (χ2v) is 9.15. The molecule has 6 atom stereocenters. The molecule has 166 valence electrons. The molecular formula is C22H38N2O5. The van der Waals surface area contributed by atoms with E-state index in [1.54, 1.807) is 0 Å². The smallest absolute Gasteiger partial charge is 0.311 e. The van der Waals surface area contributed by atoms with Crippen molar-refractivity contribution < 1.29 is 24.9 Å². The van der Waals surface area contributed by atoms with Crippen LogP contribution in [0.2, 0.25) is 0 Å². The van der Waals surface area contributed by atoms with Crippen LogP contribution in [0.15, 0.2) is 11.6 Å². The fourth-order valence-corrected chi connectivity index (χ4v) is 5.60. The van der Waals surface area contributed by atoms with Gasteiger partial charge in [-0.15, -0.1) is 0 Å². The van der Waals surface area contributed by atoms with Gasteiger partial charge in [-0.1, -0.05) is 25.5 Å². The third kappa shape index (κ3) is 4.54. The number of allylic oxidation sites excluding steroid dienone is 1. The van der Waals surface area contributed by atoms with E-state index < -0.39 is 6.10 Å². The van der Waals surface area contributed by atoms with Gasteiger partial charge in [0.25, 0.3) is 0 Å². The summed E-state index contributed by atoms with van der Waals surface area (Å²) in [6.45, 7) is 7.67. The predicted octanol–water partition coefficient (Wildman–Crippen LogP) is 0.538. The molecule has 1 saturated carbocycles. The highest BCUT2D eigenvalue weighted by molar-refractivity contribution is 5.76. The Morgan fingerprint density at radius 3 is 2.69 bits per heavy atom. The molecule has 7 heteroatoms. The molecule has 3 rings (SSSR count). The van der Waals surface area contributed by atoms with Crippen molar-refractivity contribution in [3.8, 4) is 0 Å².